The first-order chi connectivity index (χ1) is 15.8. The van der Waals surface area contributed by atoms with Gasteiger partial charge in [-0.3, -0.25) is 9.78 Å². The van der Waals surface area contributed by atoms with E-state index in [2.05, 4.69) is 15.3 Å². The second kappa shape index (κ2) is 9.28. The summed E-state index contributed by atoms with van der Waals surface area (Å²) >= 11 is 0. The summed E-state index contributed by atoms with van der Waals surface area (Å²) in [6.45, 7) is 2.47. The minimum atomic E-state index is 0.00195. The highest BCUT2D eigenvalue weighted by molar-refractivity contribution is 5.94. The number of fused-ring (bicyclic) bond motifs is 1. The van der Waals surface area contributed by atoms with E-state index in [1.165, 1.54) is 0 Å². The van der Waals surface area contributed by atoms with Crippen LogP contribution in [0.4, 0.5) is 0 Å². The van der Waals surface area contributed by atoms with Crippen LogP contribution in [0.15, 0.2) is 73.1 Å². The highest BCUT2D eigenvalue weighted by Crippen LogP contribution is 2.18. The van der Waals surface area contributed by atoms with Crippen molar-refractivity contribution in [2.24, 2.45) is 0 Å². The zero-order valence-corrected chi connectivity index (χ0v) is 17.8. The molecule has 1 aliphatic rings. The number of carbonyl (C=O) groups is 1. The molecule has 4 aromatic rings. The van der Waals surface area contributed by atoms with E-state index in [0.717, 1.165) is 41.6 Å². The number of hydrogen-bond acceptors (Lipinski definition) is 5. The summed E-state index contributed by atoms with van der Waals surface area (Å²) in [6.07, 6.45) is 5.68. The van der Waals surface area contributed by atoms with E-state index in [0.29, 0.717) is 25.2 Å². The number of para-hydroxylation sites is 1. The Bertz CT molecular complexity index is 1180. The molecule has 3 heterocycles. The number of hydrogen-bond donors (Lipinski definition) is 0. The molecule has 0 spiro atoms. The fourth-order valence-corrected chi connectivity index (χ4v) is 4.11. The monoisotopic (exact) mass is 427 g/mol. The van der Waals surface area contributed by atoms with Crippen LogP contribution in [0.25, 0.3) is 11.0 Å². The summed E-state index contributed by atoms with van der Waals surface area (Å²) in [4.78, 5) is 19.4. The fraction of sp³-hybridized carbons (Fsp3) is 0.280. The van der Waals surface area contributed by atoms with E-state index in [1.807, 2.05) is 70.2 Å². The van der Waals surface area contributed by atoms with Gasteiger partial charge in [0.25, 0.3) is 5.91 Å². The number of pyridine rings is 1. The van der Waals surface area contributed by atoms with Crippen molar-refractivity contribution < 1.29 is 9.53 Å². The average molecular weight is 428 g/mol. The SMILES string of the molecule is O=C(c1ccc(Cn2nnc3ccccc32)cc1)N(Cc1cccnc1)CC1CCCO1. The summed E-state index contributed by atoms with van der Waals surface area (Å²) in [5.74, 6) is 0.00195. The third kappa shape index (κ3) is 4.53. The molecule has 2 aromatic carbocycles. The van der Waals surface area contributed by atoms with Gasteiger partial charge in [0.1, 0.15) is 5.52 Å². The highest BCUT2D eigenvalue weighted by atomic mass is 16.5. The van der Waals surface area contributed by atoms with Crippen molar-refractivity contribution in [1.82, 2.24) is 24.9 Å². The molecule has 2 aromatic heterocycles. The van der Waals surface area contributed by atoms with Crippen LogP contribution in [0.1, 0.15) is 34.3 Å². The molecule has 0 saturated carbocycles. The number of ether oxygens (including phenoxy) is 1. The van der Waals surface area contributed by atoms with E-state index in [9.17, 15) is 4.79 Å². The molecule has 1 amide bonds. The predicted molar refractivity (Wildman–Crippen MR) is 121 cm³/mol. The van der Waals surface area contributed by atoms with Crippen LogP contribution < -0.4 is 0 Å². The van der Waals surface area contributed by atoms with Crippen molar-refractivity contribution >= 4 is 16.9 Å². The fourth-order valence-electron chi connectivity index (χ4n) is 4.11. The van der Waals surface area contributed by atoms with E-state index in [-0.39, 0.29) is 12.0 Å². The van der Waals surface area contributed by atoms with Gasteiger partial charge in [0.05, 0.1) is 18.2 Å². The van der Waals surface area contributed by atoms with Crippen molar-refractivity contribution in [3.05, 3.63) is 89.7 Å². The number of benzene rings is 2. The van der Waals surface area contributed by atoms with Crippen LogP contribution in [0.5, 0.6) is 0 Å². The second-order valence-corrected chi connectivity index (χ2v) is 8.11. The molecule has 7 nitrogen and oxygen atoms in total. The highest BCUT2D eigenvalue weighted by Gasteiger charge is 2.24. The van der Waals surface area contributed by atoms with Crippen LogP contribution in [-0.4, -0.2) is 50.0 Å². The molecular formula is C25H25N5O2. The summed E-state index contributed by atoms with van der Waals surface area (Å²) < 4.78 is 7.67. The lowest BCUT2D eigenvalue weighted by molar-refractivity contribution is 0.0507. The first-order valence-corrected chi connectivity index (χ1v) is 10.9. The number of aromatic nitrogens is 4. The Labute approximate surface area is 186 Å². The molecule has 0 N–H and O–H groups in total. The third-order valence-electron chi connectivity index (χ3n) is 5.78. The predicted octanol–water partition coefficient (Wildman–Crippen LogP) is 3.70. The van der Waals surface area contributed by atoms with Gasteiger partial charge in [-0.25, -0.2) is 4.68 Å². The molecule has 1 atom stereocenters. The molecule has 162 valence electrons. The molecule has 32 heavy (non-hydrogen) atoms. The maximum atomic E-state index is 13.4. The van der Waals surface area contributed by atoms with Crippen LogP contribution in [0.3, 0.4) is 0 Å². The zero-order valence-electron chi connectivity index (χ0n) is 17.8. The Morgan fingerprint density at radius 1 is 1.06 bits per heavy atom. The summed E-state index contributed by atoms with van der Waals surface area (Å²) in [5, 5.41) is 8.46. The van der Waals surface area contributed by atoms with Gasteiger partial charge >= 0.3 is 0 Å². The van der Waals surface area contributed by atoms with Crippen molar-refractivity contribution in [2.75, 3.05) is 13.2 Å². The molecule has 0 aliphatic carbocycles. The Kier molecular flexibility index (Phi) is 5.89. The number of carbonyl (C=O) groups excluding carboxylic acids is 1. The molecule has 1 saturated heterocycles. The molecule has 1 unspecified atom stereocenters. The third-order valence-corrected chi connectivity index (χ3v) is 5.78. The van der Waals surface area contributed by atoms with Gasteiger partial charge in [0, 0.05) is 37.7 Å². The second-order valence-electron chi connectivity index (χ2n) is 8.11. The number of amides is 1. The molecule has 0 radical (unpaired) electrons. The van der Waals surface area contributed by atoms with E-state index < -0.39 is 0 Å². The Hall–Kier alpha value is -3.58. The first-order valence-electron chi connectivity index (χ1n) is 10.9. The maximum absolute atomic E-state index is 13.4. The molecular weight excluding hydrogens is 402 g/mol. The zero-order chi connectivity index (χ0) is 21.8. The molecule has 7 heteroatoms. The summed E-state index contributed by atoms with van der Waals surface area (Å²) in [7, 11) is 0. The molecule has 0 bridgehead atoms. The average Bonchev–Trinajstić information content (AvgIpc) is 3.50. The van der Waals surface area contributed by atoms with Crippen molar-refractivity contribution in [1.29, 1.82) is 0 Å². The Morgan fingerprint density at radius 2 is 1.94 bits per heavy atom. The minimum Gasteiger partial charge on any atom is -0.376 e. The Balaban J connectivity index is 1.32. The smallest absolute Gasteiger partial charge is 0.254 e. The van der Waals surface area contributed by atoms with Crippen molar-refractivity contribution in [3.63, 3.8) is 0 Å². The maximum Gasteiger partial charge on any atom is 0.254 e. The van der Waals surface area contributed by atoms with Gasteiger partial charge in [-0.1, -0.05) is 35.5 Å². The first kappa shape index (κ1) is 20.3. The van der Waals surface area contributed by atoms with Crippen molar-refractivity contribution in [2.45, 2.75) is 32.0 Å². The summed E-state index contributed by atoms with van der Waals surface area (Å²) in [5.41, 5.74) is 4.61. The van der Waals surface area contributed by atoms with Gasteiger partial charge in [-0.05, 0) is 54.3 Å². The molecule has 1 fully saturated rings. The summed E-state index contributed by atoms with van der Waals surface area (Å²) in [6, 6.07) is 19.5. The van der Waals surface area contributed by atoms with E-state index >= 15 is 0 Å². The quantitative estimate of drug-likeness (QED) is 0.450. The van der Waals surface area contributed by atoms with Crippen LogP contribution >= 0.6 is 0 Å². The lowest BCUT2D eigenvalue weighted by atomic mass is 10.1. The van der Waals surface area contributed by atoms with E-state index in [4.69, 9.17) is 4.74 Å². The largest absolute Gasteiger partial charge is 0.376 e. The Morgan fingerprint density at radius 3 is 2.72 bits per heavy atom. The molecule has 1 aliphatic heterocycles. The van der Waals surface area contributed by atoms with Gasteiger partial charge in [-0.15, -0.1) is 5.10 Å². The van der Waals surface area contributed by atoms with Crippen LogP contribution in [0, 0.1) is 0 Å². The van der Waals surface area contributed by atoms with Gasteiger partial charge < -0.3 is 9.64 Å². The van der Waals surface area contributed by atoms with E-state index in [1.54, 1.807) is 12.4 Å². The van der Waals surface area contributed by atoms with Crippen LogP contribution in [0.2, 0.25) is 0 Å². The van der Waals surface area contributed by atoms with Gasteiger partial charge in [0.2, 0.25) is 0 Å². The lowest BCUT2D eigenvalue weighted by Crippen LogP contribution is -2.37. The van der Waals surface area contributed by atoms with Crippen molar-refractivity contribution in [3.8, 4) is 0 Å². The van der Waals surface area contributed by atoms with Gasteiger partial charge in [-0.2, -0.15) is 0 Å². The van der Waals surface area contributed by atoms with Gasteiger partial charge in [0.15, 0.2) is 0 Å². The number of nitrogens with zero attached hydrogens (tertiary/aromatic N) is 5. The lowest BCUT2D eigenvalue weighted by Gasteiger charge is -2.25. The topological polar surface area (TPSA) is 73.1 Å². The normalized spacial score (nSPS) is 15.8. The minimum absolute atomic E-state index is 0.00195. The van der Waals surface area contributed by atoms with Crippen LogP contribution in [-0.2, 0) is 17.8 Å². The standard InChI is InChI=1S/C25H25N5O2/c31-25(29(18-22-6-4-14-32-22)16-20-5-3-13-26-15-20)21-11-9-19(10-12-21)17-30-24-8-2-1-7-23(24)27-28-30/h1-3,5,7-13,15,22H,4,6,14,16-18H2. The molecule has 5 rings (SSSR count). The number of rotatable bonds is 7.